The Morgan fingerprint density at radius 2 is 1.88 bits per heavy atom. The summed E-state index contributed by atoms with van der Waals surface area (Å²) in [4.78, 5) is 12.1. The third-order valence-electron chi connectivity index (χ3n) is 4.54. The van der Waals surface area contributed by atoms with E-state index in [1.807, 2.05) is 0 Å². The van der Waals surface area contributed by atoms with Gasteiger partial charge < -0.3 is 11.1 Å². The first-order valence-corrected chi connectivity index (χ1v) is 7.22. The predicted molar refractivity (Wildman–Crippen MR) is 69.5 cm³/mol. The highest BCUT2D eigenvalue weighted by Gasteiger charge is 2.32. The molecule has 98 valence electrons. The molecule has 17 heavy (non-hydrogen) atoms. The van der Waals surface area contributed by atoms with Gasteiger partial charge in [0.1, 0.15) is 0 Å². The molecule has 0 saturated heterocycles. The first-order chi connectivity index (χ1) is 8.16. The molecule has 1 unspecified atom stereocenters. The normalized spacial score (nSPS) is 32.4. The molecule has 0 aliphatic heterocycles. The van der Waals surface area contributed by atoms with Crippen LogP contribution in [0, 0.1) is 11.8 Å². The number of amides is 1. The van der Waals surface area contributed by atoms with Gasteiger partial charge in [0, 0.05) is 18.0 Å². The minimum absolute atomic E-state index is 0.230. The lowest BCUT2D eigenvalue weighted by atomic mass is 9.94. The van der Waals surface area contributed by atoms with Gasteiger partial charge in [0.25, 0.3) is 0 Å². The molecule has 0 spiro atoms. The molecule has 1 amide bonds. The number of nitrogens with one attached hydrogen (secondary N) is 1. The van der Waals surface area contributed by atoms with Crippen LogP contribution in [0.25, 0.3) is 0 Å². The van der Waals surface area contributed by atoms with Gasteiger partial charge in [-0.2, -0.15) is 0 Å². The Kier molecular flexibility index (Phi) is 4.43. The molecule has 0 aromatic heterocycles. The van der Waals surface area contributed by atoms with Crippen LogP contribution in [0.4, 0.5) is 0 Å². The number of nitrogens with two attached hydrogens (primary N) is 1. The van der Waals surface area contributed by atoms with E-state index in [4.69, 9.17) is 5.73 Å². The summed E-state index contributed by atoms with van der Waals surface area (Å²) < 4.78 is 0. The number of hydrogen-bond donors (Lipinski definition) is 2. The van der Waals surface area contributed by atoms with Gasteiger partial charge >= 0.3 is 0 Å². The van der Waals surface area contributed by atoms with Crippen LogP contribution in [0.15, 0.2) is 0 Å². The average molecular weight is 238 g/mol. The zero-order valence-corrected chi connectivity index (χ0v) is 11.0. The van der Waals surface area contributed by atoms with Gasteiger partial charge in [-0.15, -0.1) is 0 Å². The van der Waals surface area contributed by atoms with Crippen molar-refractivity contribution in [1.82, 2.24) is 5.32 Å². The van der Waals surface area contributed by atoms with Crippen molar-refractivity contribution in [2.24, 2.45) is 17.6 Å². The molecule has 3 nitrogen and oxygen atoms in total. The maximum absolute atomic E-state index is 12.1. The summed E-state index contributed by atoms with van der Waals surface area (Å²) >= 11 is 0. The van der Waals surface area contributed by atoms with E-state index in [2.05, 4.69) is 12.2 Å². The summed E-state index contributed by atoms with van der Waals surface area (Å²) in [5.74, 6) is 1.07. The van der Waals surface area contributed by atoms with E-state index in [0.29, 0.717) is 17.9 Å². The second kappa shape index (κ2) is 5.85. The van der Waals surface area contributed by atoms with E-state index < -0.39 is 0 Å². The summed E-state index contributed by atoms with van der Waals surface area (Å²) in [6.45, 7) is 2.06. The molecule has 3 atom stereocenters. The number of hydrogen-bond acceptors (Lipinski definition) is 2. The van der Waals surface area contributed by atoms with E-state index in [1.165, 1.54) is 32.1 Å². The molecule has 2 aliphatic carbocycles. The smallest absolute Gasteiger partial charge is 0.223 e. The van der Waals surface area contributed by atoms with Gasteiger partial charge in [-0.25, -0.2) is 0 Å². The Morgan fingerprint density at radius 3 is 2.47 bits per heavy atom. The van der Waals surface area contributed by atoms with Crippen LogP contribution in [0.3, 0.4) is 0 Å². The summed E-state index contributed by atoms with van der Waals surface area (Å²) in [5, 5.41) is 3.24. The molecular weight excluding hydrogens is 212 g/mol. The van der Waals surface area contributed by atoms with Crippen LogP contribution < -0.4 is 11.1 Å². The van der Waals surface area contributed by atoms with Crippen molar-refractivity contribution in [2.75, 3.05) is 0 Å². The fraction of sp³-hybridized carbons (Fsp3) is 0.929. The van der Waals surface area contributed by atoms with Gasteiger partial charge in [0.15, 0.2) is 0 Å². The Balaban J connectivity index is 1.76. The van der Waals surface area contributed by atoms with Crippen molar-refractivity contribution < 1.29 is 4.79 Å². The molecule has 2 saturated carbocycles. The molecule has 3 heteroatoms. The average Bonchev–Trinajstić information content (AvgIpc) is 2.79. The quantitative estimate of drug-likeness (QED) is 0.792. The predicted octanol–water partition coefficient (Wildman–Crippen LogP) is 2.20. The monoisotopic (exact) mass is 238 g/mol. The summed E-state index contributed by atoms with van der Waals surface area (Å²) in [5.41, 5.74) is 5.91. The van der Waals surface area contributed by atoms with Crippen molar-refractivity contribution in [3.63, 3.8) is 0 Å². The van der Waals surface area contributed by atoms with E-state index in [1.54, 1.807) is 0 Å². The number of rotatable bonds is 3. The zero-order chi connectivity index (χ0) is 12.3. The van der Waals surface area contributed by atoms with Crippen molar-refractivity contribution in [3.8, 4) is 0 Å². The van der Waals surface area contributed by atoms with Gasteiger partial charge in [0.2, 0.25) is 5.91 Å². The fourth-order valence-electron chi connectivity index (χ4n) is 3.30. The summed E-state index contributed by atoms with van der Waals surface area (Å²) in [7, 11) is 0. The summed E-state index contributed by atoms with van der Waals surface area (Å²) in [6.07, 6.45) is 9.39. The van der Waals surface area contributed by atoms with Crippen LogP contribution in [0.1, 0.15) is 58.3 Å². The molecule has 0 heterocycles. The largest absolute Gasteiger partial charge is 0.353 e. The summed E-state index contributed by atoms with van der Waals surface area (Å²) in [6, 6.07) is 0.688. The lowest BCUT2D eigenvalue weighted by Crippen LogP contribution is -2.39. The van der Waals surface area contributed by atoms with Crippen LogP contribution in [-0.2, 0) is 4.79 Å². The maximum Gasteiger partial charge on any atom is 0.223 e. The Labute approximate surface area is 105 Å². The van der Waals surface area contributed by atoms with Crippen LogP contribution >= 0.6 is 0 Å². The molecule has 3 N–H and O–H groups in total. The minimum atomic E-state index is 0.230. The molecule has 0 radical (unpaired) electrons. The first-order valence-electron chi connectivity index (χ1n) is 7.22. The molecule has 2 fully saturated rings. The highest BCUT2D eigenvalue weighted by Crippen LogP contribution is 2.33. The molecular formula is C14H26N2O. The lowest BCUT2D eigenvalue weighted by Gasteiger charge is -2.24. The highest BCUT2D eigenvalue weighted by atomic mass is 16.1. The zero-order valence-electron chi connectivity index (χ0n) is 11.0. The van der Waals surface area contributed by atoms with Crippen molar-refractivity contribution in [3.05, 3.63) is 0 Å². The third kappa shape index (κ3) is 3.44. The van der Waals surface area contributed by atoms with Gasteiger partial charge in [-0.1, -0.05) is 19.3 Å². The SMILES string of the molecule is C[C@@H](N)C1CC[C@H](C(=O)NC2CCCCC2)C1. The molecule has 2 aliphatic rings. The van der Waals surface area contributed by atoms with Crippen LogP contribution in [0.5, 0.6) is 0 Å². The Bertz CT molecular complexity index is 259. The first kappa shape index (κ1) is 12.9. The lowest BCUT2D eigenvalue weighted by molar-refractivity contribution is -0.125. The number of carbonyl (C=O) groups excluding carboxylic acids is 1. The van der Waals surface area contributed by atoms with E-state index in [-0.39, 0.29) is 12.0 Å². The Hall–Kier alpha value is -0.570. The van der Waals surface area contributed by atoms with Gasteiger partial charge in [-0.3, -0.25) is 4.79 Å². The maximum atomic E-state index is 12.1. The van der Waals surface area contributed by atoms with E-state index >= 15 is 0 Å². The fourth-order valence-corrected chi connectivity index (χ4v) is 3.30. The van der Waals surface area contributed by atoms with Gasteiger partial charge in [0.05, 0.1) is 0 Å². The van der Waals surface area contributed by atoms with E-state index in [9.17, 15) is 4.79 Å². The molecule has 0 bridgehead atoms. The van der Waals surface area contributed by atoms with Crippen LogP contribution in [0.2, 0.25) is 0 Å². The Morgan fingerprint density at radius 1 is 1.18 bits per heavy atom. The van der Waals surface area contributed by atoms with Crippen LogP contribution in [-0.4, -0.2) is 18.0 Å². The van der Waals surface area contributed by atoms with E-state index in [0.717, 1.165) is 19.3 Å². The standard InChI is InChI=1S/C14H26N2O/c1-10(15)11-7-8-12(9-11)14(17)16-13-5-3-2-4-6-13/h10-13H,2-9,15H2,1H3,(H,16,17)/t10-,11?,12+/m1/s1. The number of carbonyl (C=O) groups is 1. The molecule has 0 aromatic carbocycles. The van der Waals surface area contributed by atoms with Crippen molar-refractivity contribution >= 4 is 5.91 Å². The highest BCUT2D eigenvalue weighted by molar-refractivity contribution is 5.79. The second-order valence-corrected chi connectivity index (χ2v) is 5.97. The van der Waals surface area contributed by atoms with Crippen molar-refractivity contribution in [2.45, 2.75) is 70.4 Å². The van der Waals surface area contributed by atoms with Crippen molar-refractivity contribution in [1.29, 1.82) is 0 Å². The second-order valence-electron chi connectivity index (χ2n) is 5.97. The molecule has 2 rings (SSSR count). The minimum Gasteiger partial charge on any atom is -0.353 e. The van der Waals surface area contributed by atoms with Gasteiger partial charge in [-0.05, 0) is 44.9 Å². The topological polar surface area (TPSA) is 55.1 Å². The molecule has 0 aromatic rings. The third-order valence-corrected chi connectivity index (χ3v) is 4.54.